The first kappa shape index (κ1) is 11.2. The molecule has 1 N–H and O–H groups in total. The second-order valence-electron chi connectivity index (χ2n) is 4.79. The van der Waals surface area contributed by atoms with Crippen LogP contribution in [0.5, 0.6) is 0 Å². The molecule has 1 aliphatic heterocycles. The molecule has 2 heteroatoms. The molecule has 0 radical (unpaired) electrons. The highest BCUT2D eigenvalue weighted by atomic mass is 16.5. The first-order chi connectivity index (χ1) is 7.45. The highest BCUT2D eigenvalue weighted by molar-refractivity contribution is 5.04. The molecule has 0 aromatic carbocycles. The van der Waals surface area contributed by atoms with Gasteiger partial charge >= 0.3 is 0 Å². The van der Waals surface area contributed by atoms with E-state index >= 15 is 0 Å². The van der Waals surface area contributed by atoms with Crippen LogP contribution in [0, 0.1) is 5.92 Å². The Hall–Kier alpha value is -0.340. The van der Waals surface area contributed by atoms with Gasteiger partial charge in [-0.05, 0) is 44.7 Å². The van der Waals surface area contributed by atoms with E-state index in [-0.39, 0.29) is 0 Å². The lowest BCUT2D eigenvalue weighted by atomic mass is 10.1. The summed E-state index contributed by atoms with van der Waals surface area (Å²) < 4.78 is 5.29. The molecule has 1 aliphatic carbocycles. The molecule has 0 aromatic heterocycles. The molecule has 0 saturated heterocycles. The van der Waals surface area contributed by atoms with Crippen LogP contribution >= 0.6 is 0 Å². The molecule has 2 nitrogen and oxygen atoms in total. The summed E-state index contributed by atoms with van der Waals surface area (Å²) in [5.41, 5.74) is 1.58. The standard InChI is InChI=1S/C13H23NO/c1-2-4-13(3-1)11-14-8-5-12-6-9-15-10-7-12/h6,13-14H,1-5,7-11H2. The monoisotopic (exact) mass is 209 g/mol. The van der Waals surface area contributed by atoms with Gasteiger partial charge in [-0.15, -0.1) is 0 Å². The smallest absolute Gasteiger partial charge is 0.0650 e. The van der Waals surface area contributed by atoms with Crippen LogP contribution in [-0.4, -0.2) is 26.3 Å². The average Bonchev–Trinajstić information content (AvgIpc) is 2.79. The van der Waals surface area contributed by atoms with E-state index in [4.69, 9.17) is 4.74 Å². The van der Waals surface area contributed by atoms with Gasteiger partial charge in [0.15, 0.2) is 0 Å². The topological polar surface area (TPSA) is 21.3 Å². The maximum absolute atomic E-state index is 5.29. The number of rotatable bonds is 5. The fraction of sp³-hybridized carbons (Fsp3) is 0.846. The van der Waals surface area contributed by atoms with Crippen molar-refractivity contribution in [3.05, 3.63) is 11.6 Å². The number of nitrogens with one attached hydrogen (secondary N) is 1. The van der Waals surface area contributed by atoms with Crippen LogP contribution in [0.1, 0.15) is 38.5 Å². The van der Waals surface area contributed by atoms with Gasteiger partial charge in [0, 0.05) is 0 Å². The summed E-state index contributed by atoms with van der Waals surface area (Å²) in [7, 11) is 0. The van der Waals surface area contributed by atoms with Crippen LogP contribution in [0.15, 0.2) is 11.6 Å². The summed E-state index contributed by atoms with van der Waals surface area (Å²) in [6, 6.07) is 0. The van der Waals surface area contributed by atoms with Crippen molar-refractivity contribution in [2.75, 3.05) is 26.3 Å². The fourth-order valence-corrected chi connectivity index (χ4v) is 2.56. The van der Waals surface area contributed by atoms with Crippen molar-refractivity contribution < 1.29 is 4.74 Å². The Kier molecular flexibility index (Phi) is 4.68. The zero-order valence-electron chi connectivity index (χ0n) is 9.63. The molecule has 0 spiro atoms. The Labute approximate surface area is 93.1 Å². The summed E-state index contributed by atoms with van der Waals surface area (Å²) in [6.07, 6.45) is 10.4. The third-order valence-electron chi connectivity index (χ3n) is 3.59. The van der Waals surface area contributed by atoms with Crippen LogP contribution in [-0.2, 0) is 4.74 Å². The van der Waals surface area contributed by atoms with E-state index in [1.807, 2.05) is 0 Å². The van der Waals surface area contributed by atoms with E-state index in [0.29, 0.717) is 0 Å². The van der Waals surface area contributed by atoms with Crippen molar-refractivity contribution in [2.45, 2.75) is 38.5 Å². The quantitative estimate of drug-likeness (QED) is 0.555. The molecule has 2 aliphatic rings. The van der Waals surface area contributed by atoms with Gasteiger partial charge in [-0.2, -0.15) is 0 Å². The molecule has 0 atom stereocenters. The molecule has 1 fully saturated rings. The van der Waals surface area contributed by atoms with E-state index in [0.717, 1.165) is 32.1 Å². The predicted octanol–water partition coefficient (Wildman–Crippen LogP) is 2.50. The van der Waals surface area contributed by atoms with E-state index in [1.165, 1.54) is 38.6 Å². The van der Waals surface area contributed by atoms with Crippen molar-refractivity contribution in [3.63, 3.8) is 0 Å². The molecule has 0 bridgehead atoms. The lowest BCUT2D eigenvalue weighted by molar-refractivity contribution is 0.153. The predicted molar refractivity (Wildman–Crippen MR) is 63.0 cm³/mol. The van der Waals surface area contributed by atoms with Crippen molar-refractivity contribution in [3.8, 4) is 0 Å². The lowest BCUT2D eigenvalue weighted by Gasteiger charge is -2.15. The van der Waals surface area contributed by atoms with Gasteiger partial charge in [0.05, 0.1) is 13.2 Å². The van der Waals surface area contributed by atoms with Gasteiger partial charge < -0.3 is 10.1 Å². The van der Waals surface area contributed by atoms with E-state index in [2.05, 4.69) is 11.4 Å². The minimum Gasteiger partial charge on any atom is -0.377 e. The number of ether oxygens (including phenoxy) is 1. The minimum atomic E-state index is 0.831. The second kappa shape index (κ2) is 6.29. The molecule has 86 valence electrons. The van der Waals surface area contributed by atoms with Crippen LogP contribution in [0.2, 0.25) is 0 Å². The fourth-order valence-electron chi connectivity index (χ4n) is 2.56. The Balaban J connectivity index is 1.52. The van der Waals surface area contributed by atoms with E-state index < -0.39 is 0 Å². The molecule has 0 aromatic rings. The van der Waals surface area contributed by atoms with Gasteiger partial charge in [0.25, 0.3) is 0 Å². The van der Waals surface area contributed by atoms with E-state index in [1.54, 1.807) is 5.57 Å². The Morgan fingerprint density at radius 2 is 2.20 bits per heavy atom. The number of hydrogen-bond donors (Lipinski definition) is 1. The average molecular weight is 209 g/mol. The van der Waals surface area contributed by atoms with Gasteiger partial charge in [-0.25, -0.2) is 0 Å². The summed E-state index contributed by atoms with van der Waals surface area (Å²) in [5, 5.41) is 3.59. The zero-order valence-corrected chi connectivity index (χ0v) is 9.63. The molecule has 1 saturated carbocycles. The van der Waals surface area contributed by atoms with Crippen molar-refractivity contribution in [2.24, 2.45) is 5.92 Å². The zero-order chi connectivity index (χ0) is 10.3. The molecule has 0 unspecified atom stereocenters. The summed E-state index contributed by atoms with van der Waals surface area (Å²) in [4.78, 5) is 0. The van der Waals surface area contributed by atoms with Gasteiger partial charge in [-0.3, -0.25) is 0 Å². The largest absolute Gasteiger partial charge is 0.377 e. The molecular weight excluding hydrogens is 186 g/mol. The molecule has 2 rings (SSSR count). The highest BCUT2D eigenvalue weighted by Gasteiger charge is 2.13. The van der Waals surface area contributed by atoms with Crippen molar-refractivity contribution in [1.82, 2.24) is 5.32 Å². The van der Waals surface area contributed by atoms with Crippen LogP contribution in [0.3, 0.4) is 0 Å². The Morgan fingerprint density at radius 1 is 1.33 bits per heavy atom. The first-order valence-corrected chi connectivity index (χ1v) is 6.41. The van der Waals surface area contributed by atoms with Crippen LogP contribution in [0.4, 0.5) is 0 Å². The van der Waals surface area contributed by atoms with Gasteiger partial charge in [-0.1, -0.05) is 24.5 Å². The third kappa shape index (κ3) is 3.96. The molecule has 0 amide bonds. The minimum absolute atomic E-state index is 0.831. The van der Waals surface area contributed by atoms with Crippen molar-refractivity contribution >= 4 is 0 Å². The second-order valence-corrected chi connectivity index (χ2v) is 4.79. The normalized spacial score (nSPS) is 23.1. The first-order valence-electron chi connectivity index (χ1n) is 6.41. The highest BCUT2D eigenvalue weighted by Crippen LogP contribution is 2.23. The third-order valence-corrected chi connectivity index (χ3v) is 3.59. The van der Waals surface area contributed by atoms with E-state index in [9.17, 15) is 0 Å². The van der Waals surface area contributed by atoms with Crippen molar-refractivity contribution in [1.29, 1.82) is 0 Å². The molecular formula is C13H23NO. The summed E-state index contributed by atoms with van der Waals surface area (Å²) in [6.45, 7) is 4.15. The van der Waals surface area contributed by atoms with Gasteiger partial charge in [0.1, 0.15) is 0 Å². The number of hydrogen-bond acceptors (Lipinski definition) is 2. The summed E-state index contributed by atoms with van der Waals surface area (Å²) in [5.74, 6) is 0.966. The summed E-state index contributed by atoms with van der Waals surface area (Å²) >= 11 is 0. The molecule has 1 heterocycles. The Morgan fingerprint density at radius 3 is 2.93 bits per heavy atom. The maximum Gasteiger partial charge on any atom is 0.0650 e. The van der Waals surface area contributed by atoms with Crippen LogP contribution < -0.4 is 5.32 Å². The SMILES string of the molecule is C1=C(CCNCC2CCCC2)CCOC1. The Bertz CT molecular complexity index is 207. The lowest BCUT2D eigenvalue weighted by Crippen LogP contribution is -2.23. The van der Waals surface area contributed by atoms with Gasteiger partial charge in [0.2, 0.25) is 0 Å². The van der Waals surface area contributed by atoms with Crippen LogP contribution in [0.25, 0.3) is 0 Å². The maximum atomic E-state index is 5.29. The molecule has 15 heavy (non-hydrogen) atoms.